The lowest BCUT2D eigenvalue weighted by molar-refractivity contribution is -0.138. The van der Waals surface area contributed by atoms with Crippen LogP contribution < -0.4 is 4.74 Å². The molecule has 26 heavy (non-hydrogen) atoms. The van der Waals surface area contributed by atoms with E-state index in [4.69, 9.17) is 25.9 Å². The molecule has 0 bridgehead atoms. The SMILES string of the molecule is OCc1nnc(-c2ccc(OCc3c(Cl)cccc3C(F)(F)F)cc2)o1. The molecule has 2 aromatic carbocycles. The summed E-state index contributed by atoms with van der Waals surface area (Å²) in [7, 11) is 0. The summed E-state index contributed by atoms with van der Waals surface area (Å²) in [5, 5.41) is 16.3. The van der Waals surface area contributed by atoms with E-state index < -0.39 is 11.7 Å². The molecule has 1 N–H and O–H groups in total. The maximum Gasteiger partial charge on any atom is 0.416 e. The van der Waals surface area contributed by atoms with Crippen molar-refractivity contribution in [2.75, 3.05) is 0 Å². The number of rotatable bonds is 5. The highest BCUT2D eigenvalue weighted by molar-refractivity contribution is 6.31. The van der Waals surface area contributed by atoms with E-state index in [0.29, 0.717) is 11.3 Å². The molecular formula is C17H12ClF3N2O3. The Bertz CT molecular complexity index is 895. The number of benzene rings is 2. The highest BCUT2D eigenvalue weighted by atomic mass is 35.5. The number of aliphatic hydroxyl groups is 1. The minimum atomic E-state index is -4.52. The normalized spacial score (nSPS) is 11.6. The quantitative estimate of drug-likeness (QED) is 0.702. The fraction of sp³-hybridized carbons (Fsp3) is 0.176. The van der Waals surface area contributed by atoms with Gasteiger partial charge >= 0.3 is 6.18 Å². The number of aromatic nitrogens is 2. The zero-order valence-corrected chi connectivity index (χ0v) is 13.9. The van der Waals surface area contributed by atoms with Gasteiger partial charge in [-0.3, -0.25) is 0 Å². The van der Waals surface area contributed by atoms with E-state index in [-0.39, 0.29) is 35.6 Å². The van der Waals surface area contributed by atoms with Crippen LogP contribution in [0.5, 0.6) is 5.75 Å². The predicted octanol–water partition coefficient (Wildman–Crippen LogP) is 4.48. The Morgan fingerprint density at radius 1 is 1.08 bits per heavy atom. The second-order valence-corrected chi connectivity index (χ2v) is 5.64. The second-order valence-electron chi connectivity index (χ2n) is 5.24. The van der Waals surface area contributed by atoms with Crippen molar-refractivity contribution in [2.24, 2.45) is 0 Å². The first-order chi connectivity index (χ1) is 12.4. The summed E-state index contributed by atoms with van der Waals surface area (Å²) in [6.45, 7) is -0.698. The van der Waals surface area contributed by atoms with E-state index in [0.717, 1.165) is 6.07 Å². The first kappa shape index (κ1) is 18.2. The van der Waals surface area contributed by atoms with Crippen LogP contribution in [0.2, 0.25) is 5.02 Å². The molecule has 0 aliphatic heterocycles. The van der Waals surface area contributed by atoms with Gasteiger partial charge in [-0.2, -0.15) is 13.2 Å². The molecule has 0 unspecified atom stereocenters. The third-order valence-corrected chi connectivity index (χ3v) is 3.86. The highest BCUT2D eigenvalue weighted by Gasteiger charge is 2.34. The molecule has 3 aromatic rings. The molecule has 0 aliphatic carbocycles. The van der Waals surface area contributed by atoms with Crippen molar-refractivity contribution in [3.05, 3.63) is 64.5 Å². The van der Waals surface area contributed by atoms with Crippen molar-refractivity contribution in [1.29, 1.82) is 0 Å². The van der Waals surface area contributed by atoms with Gasteiger partial charge in [-0.15, -0.1) is 10.2 Å². The van der Waals surface area contributed by atoms with Crippen LogP contribution in [0.15, 0.2) is 46.9 Å². The lowest BCUT2D eigenvalue weighted by atomic mass is 10.1. The predicted molar refractivity (Wildman–Crippen MR) is 86.4 cm³/mol. The van der Waals surface area contributed by atoms with Crippen LogP contribution in [0.4, 0.5) is 13.2 Å². The van der Waals surface area contributed by atoms with Gasteiger partial charge in [0.15, 0.2) is 0 Å². The fourth-order valence-electron chi connectivity index (χ4n) is 2.25. The van der Waals surface area contributed by atoms with E-state index in [1.54, 1.807) is 24.3 Å². The van der Waals surface area contributed by atoms with Crippen molar-refractivity contribution < 1.29 is 27.4 Å². The molecule has 0 aliphatic rings. The van der Waals surface area contributed by atoms with E-state index in [1.807, 2.05) is 0 Å². The van der Waals surface area contributed by atoms with Crippen molar-refractivity contribution in [2.45, 2.75) is 19.4 Å². The Morgan fingerprint density at radius 3 is 2.42 bits per heavy atom. The number of halogens is 4. The van der Waals surface area contributed by atoms with Gasteiger partial charge in [0.25, 0.3) is 0 Å². The number of alkyl halides is 3. The van der Waals surface area contributed by atoms with Gasteiger partial charge in [-0.1, -0.05) is 17.7 Å². The Morgan fingerprint density at radius 2 is 1.81 bits per heavy atom. The maximum absolute atomic E-state index is 13.1. The first-order valence-electron chi connectivity index (χ1n) is 7.39. The summed E-state index contributed by atoms with van der Waals surface area (Å²) in [5.41, 5.74) is -0.377. The third kappa shape index (κ3) is 3.97. The summed E-state index contributed by atoms with van der Waals surface area (Å²) in [6, 6.07) is 9.93. The number of hydrogen-bond donors (Lipinski definition) is 1. The van der Waals surface area contributed by atoms with Gasteiger partial charge < -0.3 is 14.3 Å². The molecule has 5 nitrogen and oxygen atoms in total. The number of nitrogens with zero attached hydrogens (tertiary/aromatic N) is 2. The van der Waals surface area contributed by atoms with Crippen molar-refractivity contribution >= 4 is 11.6 Å². The third-order valence-electron chi connectivity index (χ3n) is 3.51. The Balaban J connectivity index is 1.75. The van der Waals surface area contributed by atoms with E-state index in [1.165, 1.54) is 12.1 Å². The number of aliphatic hydroxyl groups excluding tert-OH is 1. The summed E-state index contributed by atoms with van der Waals surface area (Å²) >= 11 is 5.89. The summed E-state index contributed by atoms with van der Waals surface area (Å²) < 4.78 is 49.8. The summed E-state index contributed by atoms with van der Waals surface area (Å²) in [6.07, 6.45) is -4.52. The summed E-state index contributed by atoms with van der Waals surface area (Å²) in [4.78, 5) is 0. The van der Waals surface area contributed by atoms with Crippen molar-refractivity contribution in [3.63, 3.8) is 0 Å². The average Bonchev–Trinajstić information content (AvgIpc) is 3.09. The molecule has 0 saturated heterocycles. The van der Waals surface area contributed by atoms with Crippen LogP contribution in [0.1, 0.15) is 17.0 Å². The maximum atomic E-state index is 13.1. The highest BCUT2D eigenvalue weighted by Crippen LogP contribution is 2.35. The van der Waals surface area contributed by atoms with Gasteiger partial charge in [-0.25, -0.2) is 0 Å². The molecule has 3 rings (SSSR count). The van der Waals surface area contributed by atoms with Crippen LogP contribution in [0, 0.1) is 0 Å². The Kier molecular flexibility index (Phi) is 5.15. The monoisotopic (exact) mass is 384 g/mol. The van der Waals surface area contributed by atoms with Crippen LogP contribution in [0.3, 0.4) is 0 Å². The lowest BCUT2D eigenvalue weighted by Crippen LogP contribution is -2.11. The number of hydrogen-bond acceptors (Lipinski definition) is 5. The largest absolute Gasteiger partial charge is 0.489 e. The average molecular weight is 385 g/mol. The molecule has 136 valence electrons. The topological polar surface area (TPSA) is 68.4 Å². The molecule has 1 aromatic heterocycles. The molecule has 9 heteroatoms. The van der Waals surface area contributed by atoms with E-state index in [2.05, 4.69) is 10.2 Å². The van der Waals surface area contributed by atoms with Gasteiger partial charge in [-0.05, 0) is 36.4 Å². The minimum absolute atomic E-state index is 0.0150. The molecule has 0 amide bonds. The molecule has 0 spiro atoms. The van der Waals surface area contributed by atoms with E-state index in [9.17, 15) is 13.2 Å². The zero-order chi connectivity index (χ0) is 18.7. The Labute approximate surface area is 151 Å². The zero-order valence-electron chi connectivity index (χ0n) is 13.1. The standard InChI is InChI=1S/C17H12ClF3N2O3/c18-14-3-1-2-13(17(19,20)21)12(14)9-25-11-6-4-10(5-7-11)16-23-22-15(8-24)26-16/h1-7,24H,8-9H2. The van der Waals surface area contributed by atoms with Crippen molar-refractivity contribution in [3.8, 4) is 17.2 Å². The Hall–Kier alpha value is -2.58. The van der Waals surface area contributed by atoms with Crippen LogP contribution in [0.25, 0.3) is 11.5 Å². The first-order valence-corrected chi connectivity index (χ1v) is 7.77. The minimum Gasteiger partial charge on any atom is -0.489 e. The van der Waals surface area contributed by atoms with Crippen LogP contribution in [-0.2, 0) is 19.4 Å². The molecule has 0 saturated carbocycles. The van der Waals surface area contributed by atoms with Gasteiger partial charge in [0.1, 0.15) is 19.0 Å². The molecule has 0 radical (unpaired) electrons. The summed E-state index contributed by atoms with van der Waals surface area (Å²) in [5.74, 6) is 0.647. The van der Waals surface area contributed by atoms with E-state index >= 15 is 0 Å². The van der Waals surface area contributed by atoms with Crippen LogP contribution >= 0.6 is 11.6 Å². The molecule has 0 fully saturated rings. The van der Waals surface area contributed by atoms with Gasteiger partial charge in [0.2, 0.25) is 11.8 Å². The van der Waals surface area contributed by atoms with Crippen molar-refractivity contribution in [1.82, 2.24) is 10.2 Å². The smallest absolute Gasteiger partial charge is 0.416 e. The molecule has 1 heterocycles. The van der Waals surface area contributed by atoms with Crippen LogP contribution in [-0.4, -0.2) is 15.3 Å². The fourth-order valence-corrected chi connectivity index (χ4v) is 2.48. The molecule has 0 atom stereocenters. The number of ether oxygens (including phenoxy) is 1. The lowest BCUT2D eigenvalue weighted by Gasteiger charge is -2.15. The second kappa shape index (κ2) is 7.35. The van der Waals surface area contributed by atoms with Gasteiger partial charge in [0, 0.05) is 16.1 Å². The molecular weight excluding hydrogens is 373 g/mol. The van der Waals surface area contributed by atoms with Gasteiger partial charge in [0.05, 0.1) is 5.56 Å².